The summed E-state index contributed by atoms with van der Waals surface area (Å²) in [5, 5.41) is 0. The van der Waals surface area contributed by atoms with Gasteiger partial charge in [-0.05, 0) is 18.1 Å². The van der Waals surface area contributed by atoms with Crippen molar-refractivity contribution in [3.63, 3.8) is 0 Å². The second-order valence-electron chi connectivity index (χ2n) is 3.24. The van der Waals surface area contributed by atoms with Crippen LogP contribution in [0.2, 0.25) is 0 Å². The largest absolute Gasteiger partial charge is 0.250 e. The third-order valence-corrected chi connectivity index (χ3v) is 2.21. The van der Waals surface area contributed by atoms with Crippen molar-refractivity contribution in [2.75, 3.05) is 6.67 Å². The van der Waals surface area contributed by atoms with E-state index in [1.54, 1.807) is 0 Å². The number of halogens is 1. The topological polar surface area (TPSA) is 0 Å². The fourth-order valence-corrected chi connectivity index (χ4v) is 1.38. The minimum absolute atomic E-state index is 0.106. The van der Waals surface area contributed by atoms with E-state index in [4.69, 9.17) is 6.42 Å². The molecule has 0 aromatic heterocycles. The molecule has 68 valence electrons. The molecule has 1 atom stereocenters. The Kier molecular flexibility index (Phi) is 3.08. The lowest BCUT2D eigenvalue weighted by Gasteiger charge is -2.11. The lowest BCUT2D eigenvalue weighted by Crippen LogP contribution is -2.00. The Morgan fingerprint density at radius 2 is 2.23 bits per heavy atom. The Morgan fingerprint density at radius 3 is 2.77 bits per heavy atom. The van der Waals surface area contributed by atoms with Crippen LogP contribution in [0.15, 0.2) is 18.2 Å². The summed E-state index contributed by atoms with van der Waals surface area (Å²) in [7, 11) is 0. The van der Waals surface area contributed by atoms with Crippen molar-refractivity contribution in [2.24, 2.45) is 0 Å². The number of aryl methyl sites for hydroxylation is 1. The van der Waals surface area contributed by atoms with Gasteiger partial charge in [-0.1, -0.05) is 31.0 Å². The van der Waals surface area contributed by atoms with Gasteiger partial charge in [-0.2, -0.15) is 0 Å². The maximum absolute atomic E-state index is 12.5. The molecule has 1 unspecified atom stereocenters. The number of rotatable bonds is 2. The first-order valence-corrected chi connectivity index (χ1v) is 4.32. The Labute approximate surface area is 78.8 Å². The predicted molar refractivity (Wildman–Crippen MR) is 53.5 cm³/mol. The van der Waals surface area contributed by atoms with Gasteiger partial charge in [0.15, 0.2) is 0 Å². The first-order chi connectivity index (χ1) is 6.20. The van der Waals surface area contributed by atoms with Crippen molar-refractivity contribution in [2.45, 2.75) is 19.8 Å². The van der Waals surface area contributed by atoms with Crippen molar-refractivity contribution in [3.8, 4) is 12.3 Å². The Balaban J connectivity index is 3.22. The van der Waals surface area contributed by atoms with Gasteiger partial charge in [0.1, 0.15) is 0 Å². The summed E-state index contributed by atoms with van der Waals surface area (Å²) >= 11 is 0. The summed E-state index contributed by atoms with van der Waals surface area (Å²) in [5.74, 6) is 2.51. The number of alkyl halides is 1. The lowest BCUT2D eigenvalue weighted by molar-refractivity contribution is 0.447. The molecule has 0 bridgehead atoms. The molecule has 1 heteroatoms. The summed E-state index contributed by atoms with van der Waals surface area (Å²) in [6, 6.07) is 5.76. The monoisotopic (exact) mass is 176 g/mol. The summed E-state index contributed by atoms with van der Waals surface area (Å²) < 4.78 is 12.5. The number of benzene rings is 1. The second kappa shape index (κ2) is 4.09. The normalized spacial score (nSPS) is 12.2. The van der Waals surface area contributed by atoms with Crippen LogP contribution in [-0.2, 0) is 0 Å². The molecule has 1 aromatic rings. The van der Waals surface area contributed by atoms with Gasteiger partial charge in [-0.15, -0.1) is 6.42 Å². The van der Waals surface area contributed by atoms with Crippen molar-refractivity contribution in [3.05, 3.63) is 34.9 Å². The van der Waals surface area contributed by atoms with Gasteiger partial charge in [0.05, 0.1) is 6.67 Å². The molecule has 0 aliphatic carbocycles. The maximum Gasteiger partial charge on any atom is 0.0960 e. The van der Waals surface area contributed by atoms with Crippen LogP contribution in [0.25, 0.3) is 0 Å². The summed E-state index contributed by atoms with van der Waals surface area (Å²) in [4.78, 5) is 0. The van der Waals surface area contributed by atoms with Crippen LogP contribution in [0, 0.1) is 19.3 Å². The van der Waals surface area contributed by atoms with E-state index in [-0.39, 0.29) is 12.6 Å². The molecular weight excluding hydrogens is 163 g/mol. The van der Waals surface area contributed by atoms with E-state index >= 15 is 0 Å². The Bertz CT molecular complexity index is 333. The first-order valence-electron chi connectivity index (χ1n) is 4.32. The van der Waals surface area contributed by atoms with Crippen molar-refractivity contribution >= 4 is 0 Å². The summed E-state index contributed by atoms with van der Waals surface area (Å²) in [5.41, 5.74) is 2.82. The highest BCUT2D eigenvalue weighted by Crippen LogP contribution is 2.22. The average molecular weight is 176 g/mol. The second-order valence-corrected chi connectivity index (χ2v) is 3.24. The zero-order valence-corrected chi connectivity index (χ0v) is 7.97. The van der Waals surface area contributed by atoms with Crippen molar-refractivity contribution < 1.29 is 4.39 Å². The maximum atomic E-state index is 12.5. The van der Waals surface area contributed by atoms with Gasteiger partial charge in [0, 0.05) is 11.5 Å². The van der Waals surface area contributed by atoms with Crippen LogP contribution >= 0.6 is 0 Å². The molecule has 0 saturated carbocycles. The summed E-state index contributed by atoms with van der Waals surface area (Å²) in [6.45, 7) is 3.43. The molecule has 0 nitrogen and oxygen atoms in total. The third-order valence-electron chi connectivity index (χ3n) is 2.21. The molecule has 0 saturated heterocycles. The number of hydrogen-bond donors (Lipinski definition) is 0. The molecule has 0 aliphatic rings. The molecule has 0 heterocycles. The molecule has 0 N–H and O–H groups in total. The number of terminal acetylenes is 1. The fourth-order valence-electron chi connectivity index (χ4n) is 1.38. The van der Waals surface area contributed by atoms with Gasteiger partial charge in [-0.3, -0.25) is 4.39 Å². The Hall–Kier alpha value is -1.29. The third kappa shape index (κ3) is 1.89. The minimum Gasteiger partial charge on any atom is -0.250 e. The molecule has 1 aromatic carbocycles. The smallest absolute Gasteiger partial charge is 0.0960 e. The standard InChI is InChI=1S/C12H13F/c1-4-11-9(2)6-5-7-12(11)10(3)8-13/h1,5-7,10H,8H2,2-3H3. The molecule has 0 radical (unpaired) electrons. The first kappa shape index (κ1) is 9.80. The van der Waals surface area contributed by atoms with E-state index in [1.807, 2.05) is 32.0 Å². The highest BCUT2D eigenvalue weighted by atomic mass is 19.1. The Morgan fingerprint density at radius 1 is 1.54 bits per heavy atom. The van der Waals surface area contributed by atoms with E-state index in [0.717, 1.165) is 16.7 Å². The van der Waals surface area contributed by atoms with Gasteiger partial charge in [0.2, 0.25) is 0 Å². The highest BCUT2D eigenvalue weighted by molar-refractivity contribution is 5.47. The van der Waals surface area contributed by atoms with E-state index in [1.165, 1.54) is 0 Å². The van der Waals surface area contributed by atoms with Gasteiger partial charge >= 0.3 is 0 Å². The summed E-state index contributed by atoms with van der Waals surface area (Å²) in [6.07, 6.45) is 5.37. The molecule has 1 rings (SSSR count). The lowest BCUT2D eigenvalue weighted by atomic mass is 9.94. The van der Waals surface area contributed by atoms with Crippen LogP contribution in [0.3, 0.4) is 0 Å². The minimum atomic E-state index is -0.363. The van der Waals surface area contributed by atoms with Crippen LogP contribution in [0.5, 0.6) is 0 Å². The SMILES string of the molecule is C#Cc1c(C)cccc1C(C)CF. The van der Waals surface area contributed by atoms with E-state index in [2.05, 4.69) is 5.92 Å². The highest BCUT2D eigenvalue weighted by Gasteiger charge is 2.09. The van der Waals surface area contributed by atoms with E-state index in [9.17, 15) is 4.39 Å². The van der Waals surface area contributed by atoms with Crippen molar-refractivity contribution in [1.29, 1.82) is 0 Å². The van der Waals surface area contributed by atoms with Crippen LogP contribution in [0.1, 0.15) is 29.5 Å². The zero-order chi connectivity index (χ0) is 9.84. The van der Waals surface area contributed by atoms with Gasteiger partial charge in [-0.25, -0.2) is 0 Å². The van der Waals surface area contributed by atoms with Crippen LogP contribution in [-0.4, -0.2) is 6.67 Å². The van der Waals surface area contributed by atoms with Crippen LogP contribution in [0.4, 0.5) is 4.39 Å². The van der Waals surface area contributed by atoms with Crippen LogP contribution < -0.4 is 0 Å². The van der Waals surface area contributed by atoms with E-state index < -0.39 is 0 Å². The quantitative estimate of drug-likeness (QED) is 0.607. The zero-order valence-electron chi connectivity index (χ0n) is 7.97. The fraction of sp³-hybridized carbons (Fsp3) is 0.333. The number of hydrogen-bond acceptors (Lipinski definition) is 0. The van der Waals surface area contributed by atoms with Gasteiger partial charge < -0.3 is 0 Å². The molecular formula is C12H13F. The molecule has 0 fully saturated rings. The molecule has 13 heavy (non-hydrogen) atoms. The van der Waals surface area contributed by atoms with Gasteiger partial charge in [0.25, 0.3) is 0 Å². The van der Waals surface area contributed by atoms with E-state index in [0.29, 0.717) is 0 Å². The average Bonchev–Trinajstić information content (AvgIpc) is 2.16. The molecule has 0 amide bonds. The predicted octanol–water partition coefficient (Wildman–Crippen LogP) is 3.05. The molecule has 0 aliphatic heterocycles. The molecule has 0 spiro atoms. The van der Waals surface area contributed by atoms with Crippen molar-refractivity contribution in [1.82, 2.24) is 0 Å².